The van der Waals surface area contributed by atoms with Crippen LogP contribution in [0.3, 0.4) is 0 Å². The van der Waals surface area contributed by atoms with Gasteiger partial charge in [-0.2, -0.15) is 0 Å². The number of carboxylic acids is 1. The number of benzene rings is 2. The number of amides is 1. The predicted molar refractivity (Wildman–Crippen MR) is 118 cm³/mol. The minimum absolute atomic E-state index is 0.0125. The summed E-state index contributed by atoms with van der Waals surface area (Å²) in [4.78, 5) is 25.9. The number of aliphatic carboxylic acids is 1. The first-order valence-corrected chi connectivity index (χ1v) is 11.1. The van der Waals surface area contributed by atoms with Crippen molar-refractivity contribution in [3.05, 3.63) is 64.6 Å². The van der Waals surface area contributed by atoms with Crippen molar-refractivity contribution >= 4 is 45.6 Å². The van der Waals surface area contributed by atoms with Gasteiger partial charge in [0.2, 0.25) is 5.13 Å². The number of nitrogens with zero attached hydrogens (tertiary/aromatic N) is 3. The van der Waals surface area contributed by atoms with Crippen molar-refractivity contribution < 1.29 is 19.4 Å². The number of carbonyl (C=O) groups excluding carboxylic acids is 1. The van der Waals surface area contributed by atoms with Crippen molar-refractivity contribution in [3.8, 4) is 5.75 Å². The van der Waals surface area contributed by atoms with Crippen LogP contribution in [0.15, 0.2) is 54.0 Å². The molecule has 1 heterocycles. The van der Waals surface area contributed by atoms with E-state index >= 15 is 0 Å². The third-order valence-electron chi connectivity index (χ3n) is 5.24. The second-order valence-electron chi connectivity index (χ2n) is 7.30. The summed E-state index contributed by atoms with van der Waals surface area (Å²) >= 11 is 7.38. The van der Waals surface area contributed by atoms with Crippen LogP contribution in [0.4, 0.5) is 10.8 Å². The van der Waals surface area contributed by atoms with Crippen LogP contribution >= 0.6 is 22.9 Å². The average molecular weight is 458 g/mol. The Balaban J connectivity index is 1.48. The number of hydrogen-bond acceptors (Lipinski definition) is 6. The standard InChI is InChI=1S/C22H20ClN3O4S/c23-16-2-1-3-17(12-16)26(22-25-24-13-31-22)20(27)14-4-8-18(9-5-14)30-19-10-6-15(7-11-19)21(28)29/h1-5,8-9,12-13,15,19H,6-7,10-11H2,(H,28,29). The predicted octanol–water partition coefficient (Wildman–Crippen LogP) is 5.19. The summed E-state index contributed by atoms with van der Waals surface area (Å²) in [6, 6.07) is 13.9. The van der Waals surface area contributed by atoms with Gasteiger partial charge in [-0.05, 0) is 68.1 Å². The van der Waals surface area contributed by atoms with Crippen molar-refractivity contribution in [3.63, 3.8) is 0 Å². The molecule has 1 amide bonds. The van der Waals surface area contributed by atoms with Gasteiger partial charge in [0.05, 0.1) is 17.7 Å². The summed E-state index contributed by atoms with van der Waals surface area (Å²) in [7, 11) is 0. The Morgan fingerprint density at radius 2 is 1.84 bits per heavy atom. The molecule has 7 nitrogen and oxygen atoms in total. The van der Waals surface area contributed by atoms with Gasteiger partial charge in [0.25, 0.3) is 5.91 Å². The van der Waals surface area contributed by atoms with Crippen LogP contribution in [0.5, 0.6) is 5.75 Å². The molecule has 9 heteroatoms. The molecule has 0 spiro atoms. The Kier molecular flexibility index (Phi) is 6.48. The number of ether oxygens (including phenoxy) is 1. The molecule has 0 unspecified atom stereocenters. The van der Waals surface area contributed by atoms with E-state index in [1.165, 1.54) is 16.2 Å². The minimum Gasteiger partial charge on any atom is -0.490 e. The zero-order valence-corrected chi connectivity index (χ0v) is 18.1. The fraction of sp³-hybridized carbons (Fsp3) is 0.273. The van der Waals surface area contributed by atoms with E-state index < -0.39 is 5.97 Å². The van der Waals surface area contributed by atoms with Crippen LogP contribution in [0.1, 0.15) is 36.0 Å². The van der Waals surface area contributed by atoms with Crippen molar-refractivity contribution in [2.45, 2.75) is 31.8 Å². The number of carboxylic acid groups (broad SMARTS) is 1. The van der Waals surface area contributed by atoms with Crippen molar-refractivity contribution in [2.75, 3.05) is 4.90 Å². The third-order valence-corrected chi connectivity index (χ3v) is 6.15. The first-order chi connectivity index (χ1) is 15.0. The van der Waals surface area contributed by atoms with Crippen LogP contribution in [-0.4, -0.2) is 33.3 Å². The van der Waals surface area contributed by atoms with Gasteiger partial charge in [-0.15, -0.1) is 10.2 Å². The van der Waals surface area contributed by atoms with Gasteiger partial charge in [-0.1, -0.05) is 29.0 Å². The summed E-state index contributed by atoms with van der Waals surface area (Å²) in [6.45, 7) is 0. The number of halogens is 1. The summed E-state index contributed by atoms with van der Waals surface area (Å²) in [5, 5.41) is 18.0. The molecule has 1 saturated carbocycles. The first-order valence-electron chi connectivity index (χ1n) is 9.87. The van der Waals surface area contributed by atoms with Gasteiger partial charge in [-0.3, -0.25) is 14.5 Å². The molecule has 160 valence electrons. The van der Waals surface area contributed by atoms with Gasteiger partial charge in [0, 0.05) is 10.6 Å². The molecule has 3 aromatic rings. The second-order valence-corrected chi connectivity index (χ2v) is 8.54. The number of anilines is 2. The number of hydrogen-bond donors (Lipinski definition) is 1. The second kappa shape index (κ2) is 9.45. The quantitative estimate of drug-likeness (QED) is 0.547. The number of rotatable bonds is 6. The number of carbonyl (C=O) groups is 2. The monoisotopic (exact) mass is 457 g/mol. The zero-order chi connectivity index (χ0) is 21.8. The molecule has 1 N–H and O–H groups in total. The highest BCUT2D eigenvalue weighted by molar-refractivity contribution is 7.13. The van der Waals surface area contributed by atoms with Gasteiger partial charge in [0.1, 0.15) is 11.3 Å². The molecule has 31 heavy (non-hydrogen) atoms. The highest BCUT2D eigenvalue weighted by Gasteiger charge is 2.27. The Hall–Kier alpha value is -2.97. The molecule has 1 aromatic heterocycles. The molecule has 0 atom stereocenters. The smallest absolute Gasteiger partial charge is 0.306 e. The van der Waals surface area contributed by atoms with Gasteiger partial charge < -0.3 is 9.84 Å². The Morgan fingerprint density at radius 1 is 1.10 bits per heavy atom. The van der Waals surface area contributed by atoms with E-state index in [-0.39, 0.29) is 17.9 Å². The summed E-state index contributed by atoms with van der Waals surface area (Å²) < 4.78 is 6.00. The molecule has 1 fully saturated rings. The lowest BCUT2D eigenvalue weighted by Gasteiger charge is -2.27. The zero-order valence-electron chi connectivity index (χ0n) is 16.5. The average Bonchev–Trinajstić information content (AvgIpc) is 3.29. The lowest BCUT2D eigenvalue weighted by atomic mass is 9.87. The van der Waals surface area contributed by atoms with E-state index in [0.717, 1.165) is 0 Å². The summed E-state index contributed by atoms with van der Waals surface area (Å²) in [6.07, 6.45) is 2.63. The fourth-order valence-corrected chi connectivity index (χ4v) is 4.38. The van der Waals surface area contributed by atoms with Crippen molar-refractivity contribution in [2.24, 2.45) is 5.92 Å². The van der Waals surface area contributed by atoms with Crippen LogP contribution in [-0.2, 0) is 4.79 Å². The lowest BCUT2D eigenvalue weighted by molar-refractivity contribution is -0.143. The highest BCUT2D eigenvalue weighted by atomic mass is 35.5. The SMILES string of the molecule is O=C(O)C1CCC(Oc2ccc(C(=O)N(c3cccc(Cl)c3)c3nncs3)cc2)CC1. The van der Waals surface area contributed by atoms with Crippen LogP contribution in [0, 0.1) is 5.92 Å². The van der Waals surface area contributed by atoms with E-state index in [0.29, 0.717) is 52.8 Å². The fourth-order valence-electron chi connectivity index (χ4n) is 3.62. The molecule has 1 aliphatic carbocycles. The normalized spacial score (nSPS) is 18.4. The maximum absolute atomic E-state index is 13.3. The summed E-state index contributed by atoms with van der Waals surface area (Å²) in [5.41, 5.74) is 2.64. The van der Waals surface area contributed by atoms with E-state index in [4.69, 9.17) is 21.4 Å². The molecule has 0 aliphatic heterocycles. The molecule has 4 rings (SSSR count). The van der Waals surface area contributed by atoms with E-state index in [1.807, 2.05) is 0 Å². The molecule has 1 aliphatic rings. The molecular formula is C22H20ClN3O4S. The highest BCUT2D eigenvalue weighted by Crippen LogP contribution is 2.31. The molecule has 0 bridgehead atoms. The molecular weight excluding hydrogens is 438 g/mol. The van der Waals surface area contributed by atoms with E-state index in [9.17, 15) is 9.59 Å². The Morgan fingerprint density at radius 3 is 2.45 bits per heavy atom. The van der Waals surface area contributed by atoms with E-state index in [2.05, 4.69) is 10.2 Å². The van der Waals surface area contributed by atoms with E-state index in [1.54, 1.807) is 54.0 Å². The minimum atomic E-state index is -0.735. The Bertz CT molecular complexity index is 1050. The van der Waals surface area contributed by atoms with Gasteiger partial charge >= 0.3 is 5.97 Å². The molecule has 2 aromatic carbocycles. The van der Waals surface area contributed by atoms with Crippen molar-refractivity contribution in [1.29, 1.82) is 0 Å². The number of aromatic nitrogens is 2. The topological polar surface area (TPSA) is 92.6 Å². The van der Waals surface area contributed by atoms with Gasteiger partial charge in [-0.25, -0.2) is 0 Å². The summed E-state index contributed by atoms with van der Waals surface area (Å²) in [5.74, 6) is -0.619. The first kappa shape index (κ1) is 21.3. The molecule has 0 saturated heterocycles. The van der Waals surface area contributed by atoms with Crippen LogP contribution in [0.2, 0.25) is 5.02 Å². The third kappa shape index (κ3) is 5.03. The van der Waals surface area contributed by atoms with Crippen LogP contribution in [0.25, 0.3) is 0 Å². The molecule has 0 radical (unpaired) electrons. The largest absolute Gasteiger partial charge is 0.490 e. The maximum Gasteiger partial charge on any atom is 0.306 e. The van der Waals surface area contributed by atoms with Crippen LogP contribution < -0.4 is 9.64 Å². The lowest BCUT2D eigenvalue weighted by Crippen LogP contribution is -2.28. The van der Waals surface area contributed by atoms with Crippen molar-refractivity contribution in [1.82, 2.24) is 10.2 Å². The maximum atomic E-state index is 13.3. The Labute approximate surface area is 188 Å². The van der Waals surface area contributed by atoms with Gasteiger partial charge in [0.15, 0.2) is 0 Å².